The topological polar surface area (TPSA) is 76.9 Å². The number of nitrogens with one attached hydrogen (secondary N) is 1. The Morgan fingerprint density at radius 1 is 1.08 bits per heavy atom. The molecule has 1 aromatic carbocycles. The van der Waals surface area contributed by atoms with E-state index < -0.39 is 10.0 Å². The van der Waals surface area contributed by atoms with Gasteiger partial charge in [-0.25, -0.2) is 22.8 Å². The van der Waals surface area contributed by atoms with E-state index in [1.165, 1.54) is 31.1 Å². The maximum absolute atomic E-state index is 11.3. The second-order valence-electron chi connectivity index (χ2n) is 7.08. The van der Waals surface area contributed by atoms with Gasteiger partial charge < -0.3 is 0 Å². The number of hydrogen-bond donors (Lipinski definition) is 1. The van der Waals surface area contributed by atoms with E-state index in [9.17, 15) is 8.42 Å². The smallest absolute Gasteiger partial charge is 0.208 e. The molecule has 6 nitrogen and oxygen atoms in total. The Morgan fingerprint density at radius 2 is 1.81 bits per heavy atom. The van der Waals surface area contributed by atoms with Crippen LogP contribution in [0.4, 0.5) is 0 Å². The zero-order chi connectivity index (χ0) is 18.4. The normalized spacial score (nSPS) is 16.0. The molecule has 1 N–H and O–H groups in total. The Morgan fingerprint density at radius 3 is 2.50 bits per heavy atom. The quantitative estimate of drug-likeness (QED) is 0.768. The van der Waals surface area contributed by atoms with Gasteiger partial charge in [0.05, 0.1) is 12.3 Å². The molecule has 3 rings (SSSR count). The van der Waals surface area contributed by atoms with Gasteiger partial charge in [0.2, 0.25) is 10.0 Å². The maximum atomic E-state index is 11.3. The molecule has 0 bridgehead atoms. The Hall–Kier alpha value is -1.73. The summed E-state index contributed by atoms with van der Waals surface area (Å²) in [5.74, 6) is 1.75. The van der Waals surface area contributed by atoms with E-state index in [0.717, 1.165) is 37.3 Å². The second kappa shape index (κ2) is 8.77. The lowest BCUT2D eigenvalue weighted by atomic mass is 9.95. The van der Waals surface area contributed by atoms with Crippen molar-refractivity contribution in [3.05, 3.63) is 47.5 Å². The van der Waals surface area contributed by atoms with Gasteiger partial charge in [-0.1, -0.05) is 49.6 Å². The highest BCUT2D eigenvalue weighted by atomic mass is 32.2. The summed E-state index contributed by atoms with van der Waals surface area (Å²) < 4.78 is 27.3. The van der Waals surface area contributed by atoms with E-state index in [1.54, 1.807) is 0 Å². The maximum Gasteiger partial charge on any atom is 0.208 e. The largest absolute Gasteiger partial charge is 0.247 e. The summed E-state index contributed by atoms with van der Waals surface area (Å²) in [5, 5.41) is 4.79. The molecular weight excluding hydrogens is 348 g/mol. The summed E-state index contributed by atoms with van der Waals surface area (Å²) in [6, 6.07) is 10.8. The standard InChI is InChI=1S/C19H28N4O2S/c1-26(24,25)20-15-14-19-21-18(13-12-16-8-4-2-5-9-16)22-23(19)17-10-6-3-7-11-17/h2,4-5,8-9,17,20H,3,6-7,10-15H2,1H3. The Kier molecular flexibility index (Phi) is 6.43. The average Bonchev–Trinajstić information content (AvgIpc) is 3.04. The van der Waals surface area contributed by atoms with Crippen molar-refractivity contribution in [2.45, 2.75) is 57.4 Å². The van der Waals surface area contributed by atoms with E-state index >= 15 is 0 Å². The first-order chi connectivity index (χ1) is 12.5. The van der Waals surface area contributed by atoms with Gasteiger partial charge in [0, 0.05) is 19.4 Å². The van der Waals surface area contributed by atoms with Crippen molar-refractivity contribution < 1.29 is 8.42 Å². The van der Waals surface area contributed by atoms with Crippen LogP contribution in [0.3, 0.4) is 0 Å². The Balaban J connectivity index is 1.70. The molecule has 1 aliphatic rings. The van der Waals surface area contributed by atoms with Crippen LogP contribution < -0.4 is 4.72 Å². The summed E-state index contributed by atoms with van der Waals surface area (Å²) >= 11 is 0. The minimum atomic E-state index is -3.18. The Labute approximate surface area is 156 Å². The third-order valence-corrected chi connectivity index (χ3v) is 5.59. The Bertz CT molecular complexity index is 796. The molecule has 0 aliphatic heterocycles. The van der Waals surface area contributed by atoms with E-state index in [4.69, 9.17) is 10.1 Å². The van der Waals surface area contributed by atoms with Crippen molar-refractivity contribution in [3.63, 3.8) is 0 Å². The summed E-state index contributed by atoms with van der Waals surface area (Å²) in [6.07, 6.45) is 9.48. The van der Waals surface area contributed by atoms with Crippen LogP contribution in [0.15, 0.2) is 30.3 Å². The predicted molar refractivity (Wildman–Crippen MR) is 103 cm³/mol. The van der Waals surface area contributed by atoms with Crippen molar-refractivity contribution >= 4 is 10.0 Å². The lowest BCUT2D eigenvalue weighted by Gasteiger charge is -2.23. The summed E-state index contributed by atoms with van der Waals surface area (Å²) in [6.45, 7) is 0.363. The molecule has 7 heteroatoms. The van der Waals surface area contributed by atoms with Crippen molar-refractivity contribution in [1.29, 1.82) is 0 Å². The molecule has 1 saturated carbocycles. The van der Waals surface area contributed by atoms with Crippen LogP contribution >= 0.6 is 0 Å². The van der Waals surface area contributed by atoms with E-state index in [-0.39, 0.29) is 0 Å². The van der Waals surface area contributed by atoms with Gasteiger partial charge in [0.15, 0.2) is 5.82 Å². The molecular formula is C19H28N4O2S. The van der Waals surface area contributed by atoms with Gasteiger partial charge >= 0.3 is 0 Å². The van der Waals surface area contributed by atoms with Gasteiger partial charge in [0.1, 0.15) is 5.82 Å². The first kappa shape index (κ1) is 19.0. The molecule has 0 spiro atoms. The van der Waals surface area contributed by atoms with Gasteiger partial charge in [-0.3, -0.25) is 0 Å². The van der Waals surface area contributed by atoms with Crippen LogP contribution in [0.2, 0.25) is 0 Å². The average molecular weight is 377 g/mol. The van der Waals surface area contributed by atoms with E-state index in [0.29, 0.717) is 19.0 Å². The fraction of sp³-hybridized carbons (Fsp3) is 0.579. The zero-order valence-corrected chi connectivity index (χ0v) is 16.2. The van der Waals surface area contributed by atoms with Gasteiger partial charge in [0.25, 0.3) is 0 Å². The molecule has 0 atom stereocenters. The number of rotatable bonds is 8. The highest BCUT2D eigenvalue weighted by Gasteiger charge is 2.21. The number of aryl methyl sites for hydroxylation is 2. The first-order valence-electron chi connectivity index (χ1n) is 9.44. The highest BCUT2D eigenvalue weighted by molar-refractivity contribution is 7.88. The van der Waals surface area contributed by atoms with Gasteiger partial charge in [-0.15, -0.1) is 0 Å². The number of hydrogen-bond acceptors (Lipinski definition) is 4. The van der Waals surface area contributed by atoms with Crippen LogP contribution in [-0.4, -0.2) is 36.0 Å². The van der Waals surface area contributed by atoms with Gasteiger partial charge in [-0.05, 0) is 24.8 Å². The molecule has 0 unspecified atom stereocenters. The first-order valence-corrected chi connectivity index (χ1v) is 11.3. The number of nitrogens with zero attached hydrogens (tertiary/aromatic N) is 3. The molecule has 1 fully saturated rings. The van der Waals surface area contributed by atoms with E-state index in [1.807, 2.05) is 18.2 Å². The monoisotopic (exact) mass is 376 g/mol. The molecule has 0 amide bonds. The van der Waals surface area contributed by atoms with Crippen LogP contribution in [0.5, 0.6) is 0 Å². The molecule has 0 radical (unpaired) electrons. The molecule has 0 saturated heterocycles. The second-order valence-corrected chi connectivity index (χ2v) is 8.92. The van der Waals surface area contributed by atoms with Gasteiger partial charge in [-0.2, -0.15) is 5.10 Å². The molecule has 26 heavy (non-hydrogen) atoms. The third-order valence-electron chi connectivity index (χ3n) is 4.86. The molecule has 1 aliphatic carbocycles. The van der Waals surface area contributed by atoms with Crippen LogP contribution in [0.1, 0.15) is 55.4 Å². The molecule has 142 valence electrons. The minimum absolute atomic E-state index is 0.363. The number of sulfonamides is 1. The van der Waals surface area contributed by atoms with Crippen LogP contribution in [0.25, 0.3) is 0 Å². The molecule has 1 aromatic heterocycles. The molecule has 1 heterocycles. The lowest BCUT2D eigenvalue weighted by Crippen LogP contribution is -2.26. The minimum Gasteiger partial charge on any atom is -0.247 e. The molecule has 2 aromatic rings. The zero-order valence-electron chi connectivity index (χ0n) is 15.4. The highest BCUT2D eigenvalue weighted by Crippen LogP contribution is 2.28. The van der Waals surface area contributed by atoms with Crippen molar-refractivity contribution in [2.24, 2.45) is 0 Å². The third kappa shape index (κ3) is 5.64. The van der Waals surface area contributed by atoms with Crippen LogP contribution in [-0.2, 0) is 29.3 Å². The van der Waals surface area contributed by atoms with Crippen molar-refractivity contribution in [3.8, 4) is 0 Å². The van der Waals surface area contributed by atoms with Crippen molar-refractivity contribution in [2.75, 3.05) is 12.8 Å². The lowest BCUT2D eigenvalue weighted by molar-refractivity contribution is 0.319. The number of aromatic nitrogens is 3. The van der Waals surface area contributed by atoms with Crippen LogP contribution in [0, 0.1) is 0 Å². The summed E-state index contributed by atoms with van der Waals surface area (Å²) in [5.41, 5.74) is 1.28. The number of benzene rings is 1. The van der Waals surface area contributed by atoms with Crippen molar-refractivity contribution in [1.82, 2.24) is 19.5 Å². The predicted octanol–water partition coefficient (Wildman–Crippen LogP) is 2.66. The van der Waals surface area contributed by atoms with E-state index in [2.05, 4.69) is 21.5 Å². The summed E-state index contributed by atoms with van der Waals surface area (Å²) in [4.78, 5) is 4.74. The SMILES string of the molecule is CS(=O)(=O)NCCc1nc(CCc2ccccc2)nn1C1CCCCC1. The fourth-order valence-corrected chi connectivity index (χ4v) is 4.02. The fourth-order valence-electron chi connectivity index (χ4n) is 3.55. The summed E-state index contributed by atoms with van der Waals surface area (Å²) in [7, 11) is -3.18.